The summed E-state index contributed by atoms with van der Waals surface area (Å²) in [5.41, 5.74) is 0. The molecule has 0 aromatic carbocycles. The molecule has 0 aromatic rings. The van der Waals surface area contributed by atoms with Crippen molar-refractivity contribution in [1.29, 1.82) is 0 Å². The van der Waals surface area contributed by atoms with Gasteiger partial charge in [-0.3, -0.25) is 4.79 Å². The first-order valence-electron chi connectivity index (χ1n) is 5.81. The number of rotatable bonds is 4. The van der Waals surface area contributed by atoms with Gasteiger partial charge in [0, 0.05) is 12.6 Å². The summed E-state index contributed by atoms with van der Waals surface area (Å²) >= 11 is 0. The molecule has 4 nitrogen and oxygen atoms in total. The Morgan fingerprint density at radius 2 is 2.27 bits per heavy atom. The van der Waals surface area contributed by atoms with E-state index in [1.807, 2.05) is 0 Å². The lowest BCUT2D eigenvalue weighted by molar-refractivity contribution is -0.146. The van der Waals surface area contributed by atoms with Gasteiger partial charge in [-0.2, -0.15) is 0 Å². The molecule has 0 amide bonds. The average molecular weight is 212 g/mol. The highest BCUT2D eigenvalue weighted by molar-refractivity contribution is 5.72. The Morgan fingerprint density at radius 1 is 1.47 bits per heavy atom. The molecule has 1 aliphatic heterocycles. The molecule has 2 aliphatic rings. The molecule has 1 saturated heterocycles. The van der Waals surface area contributed by atoms with Crippen LogP contribution >= 0.6 is 0 Å². The summed E-state index contributed by atoms with van der Waals surface area (Å²) in [4.78, 5) is 13.1. The van der Waals surface area contributed by atoms with Crippen molar-refractivity contribution in [2.75, 3.05) is 26.7 Å². The van der Waals surface area contributed by atoms with Gasteiger partial charge in [0.2, 0.25) is 0 Å². The van der Waals surface area contributed by atoms with Crippen LogP contribution in [0, 0.1) is 11.8 Å². The minimum absolute atomic E-state index is 0.135. The van der Waals surface area contributed by atoms with Crippen LogP contribution in [0.5, 0.6) is 0 Å². The smallest absolute Gasteiger partial charge is 0.308 e. The number of carboxylic acid groups (broad SMARTS) is 1. The normalized spacial score (nSPS) is 36.5. The van der Waals surface area contributed by atoms with Crippen molar-refractivity contribution < 1.29 is 9.90 Å². The second-order valence-corrected chi connectivity index (χ2v) is 4.95. The fourth-order valence-electron chi connectivity index (χ4n) is 2.55. The van der Waals surface area contributed by atoms with Gasteiger partial charge in [-0.15, -0.1) is 0 Å². The summed E-state index contributed by atoms with van der Waals surface area (Å²) in [6.45, 7) is 3.32. The Morgan fingerprint density at radius 3 is 2.73 bits per heavy atom. The molecule has 3 atom stereocenters. The fraction of sp³-hybridized carbons (Fsp3) is 0.909. The largest absolute Gasteiger partial charge is 0.481 e. The second kappa shape index (κ2) is 4.49. The zero-order valence-corrected chi connectivity index (χ0v) is 9.28. The van der Waals surface area contributed by atoms with Gasteiger partial charge >= 0.3 is 5.97 Å². The molecule has 0 bridgehead atoms. The molecule has 3 unspecified atom stereocenters. The third kappa shape index (κ3) is 2.49. The first kappa shape index (κ1) is 10.9. The van der Waals surface area contributed by atoms with E-state index in [1.54, 1.807) is 0 Å². The van der Waals surface area contributed by atoms with Crippen molar-refractivity contribution >= 4 is 5.97 Å². The summed E-state index contributed by atoms with van der Waals surface area (Å²) in [7, 11) is 2.14. The Labute approximate surface area is 90.6 Å². The van der Waals surface area contributed by atoms with Crippen LogP contribution < -0.4 is 5.32 Å². The van der Waals surface area contributed by atoms with Gasteiger partial charge in [0.25, 0.3) is 0 Å². The number of carbonyl (C=O) groups is 1. The molecule has 15 heavy (non-hydrogen) atoms. The minimum atomic E-state index is -0.637. The van der Waals surface area contributed by atoms with Gasteiger partial charge in [-0.05, 0) is 45.3 Å². The second-order valence-electron chi connectivity index (χ2n) is 4.95. The van der Waals surface area contributed by atoms with Crippen LogP contribution in [0.1, 0.15) is 19.3 Å². The lowest BCUT2D eigenvalue weighted by atomic mass is 9.79. The predicted octanol–water partition coefficient (Wildman–Crippen LogP) is 0.391. The molecule has 2 rings (SSSR count). The van der Waals surface area contributed by atoms with Crippen LogP contribution in [-0.4, -0.2) is 48.7 Å². The number of hydrogen-bond acceptors (Lipinski definition) is 3. The lowest BCUT2D eigenvalue weighted by Gasteiger charge is -2.34. The summed E-state index contributed by atoms with van der Waals surface area (Å²) < 4.78 is 0. The van der Waals surface area contributed by atoms with Crippen molar-refractivity contribution in [2.24, 2.45) is 11.8 Å². The van der Waals surface area contributed by atoms with Crippen molar-refractivity contribution in [3.05, 3.63) is 0 Å². The maximum atomic E-state index is 10.8. The number of nitrogens with zero attached hydrogens (tertiary/aromatic N) is 1. The van der Waals surface area contributed by atoms with Crippen molar-refractivity contribution in [2.45, 2.75) is 25.3 Å². The molecule has 0 spiro atoms. The van der Waals surface area contributed by atoms with E-state index in [4.69, 9.17) is 5.11 Å². The fourth-order valence-corrected chi connectivity index (χ4v) is 2.55. The lowest BCUT2D eigenvalue weighted by Crippen LogP contribution is -2.49. The number of hydrogen-bond donors (Lipinski definition) is 2. The van der Waals surface area contributed by atoms with E-state index in [1.165, 1.54) is 13.0 Å². The maximum Gasteiger partial charge on any atom is 0.308 e. The summed E-state index contributed by atoms with van der Waals surface area (Å²) in [6, 6.07) is 0.230. The molecule has 0 radical (unpaired) electrons. The standard InChI is InChI=1S/C11H20N2O2/c1-13-5-4-8(7-13)6-12-10-3-2-9(10)11(14)15/h8-10,12H,2-7H2,1H3,(H,14,15). The van der Waals surface area contributed by atoms with E-state index in [2.05, 4.69) is 17.3 Å². The highest BCUT2D eigenvalue weighted by Crippen LogP contribution is 2.28. The quantitative estimate of drug-likeness (QED) is 0.708. The molecule has 2 N–H and O–H groups in total. The molecule has 1 saturated carbocycles. The zero-order chi connectivity index (χ0) is 10.8. The van der Waals surface area contributed by atoms with Crippen LogP contribution in [-0.2, 0) is 4.79 Å². The third-order valence-electron chi connectivity index (χ3n) is 3.75. The van der Waals surface area contributed by atoms with Gasteiger partial charge < -0.3 is 15.3 Å². The summed E-state index contributed by atoms with van der Waals surface area (Å²) in [6.07, 6.45) is 3.12. The van der Waals surface area contributed by atoms with E-state index in [-0.39, 0.29) is 12.0 Å². The van der Waals surface area contributed by atoms with Crippen molar-refractivity contribution in [3.8, 4) is 0 Å². The highest BCUT2D eigenvalue weighted by Gasteiger charge is 2.36. The topological polar surface area (TPSA) is 52.6 Å². The molecule has 86 valence electrons. The highest BCUT2D eigenvalue weighted by atomic mass is 16.4. The minimum Gasteiger partial charge on any atom is -0.481 e. The van der Waals surface area contributed by atoms with Crippen LogP contribution in [0.4, 0.5) is 0 Å². The molecule has 0 aromatic heterocycles. The van der Waals surface area contributed by atoms with E-state index in [0.717, 1.165) is 25.9 Å². The molecule has 2 fully saturated rings. The van der Waals surface area contributed by atoms with Crippen molar-refractivity contribution in [3.63, 3.8) is 0 Å². The van der Waals surface area contributed by atoms with E-state index in [0.29, 0.717) is 5.92 Å². The first-order valence-corrected chi connectivity index (χ1v) is 5.81. The van der Waals surface area contributed by atoms with E-state index in [9.17, 15) is 4.79 Å². The average Bonchev–Trinajstić information content (AvgIpc) is 2.48. The SMILES string of the molecule is CN1CCC(CNC2CCC2C(=O)O)C1. The molecule has 1 heterocycles. The molecular weight excluding hydrogens is 192 g/mol. The van der Waals surface area contributed by atoms with Crippen LogP contribution in [0.3, 0.4) is 0 Å². The Kier molecular flexibility index (Phi) is 3.26. The Bertz CT molecular complexity index is 245. The Balaban J connectivity index is 1.68. The van der Waals surface area contributed by atoms with Crippen molar-refractivity contribution in [1.82, 2.24) is 10.2 Å². The number of likely N-dealkylation sites (tertiary alicyclic amines) is 1. The Hall–Kier alpha value is -0.610. The van der Waals surface area contributed by atoms with Crippen LogP contribution in [0.25, 0.3) is 0 Å². The number of nitrogens with one attached hydrogen (secondary N) is 1. The van der Waals surface area contributed by atoms with Crippen LogP contribution in [0.2, 0.25) is 0 Å². The van der Waals surface area contributed by atoms with E-state index < -0.39 is 5.97 Å². The van der Waals surface area contributed by atoms with Gasteiger partial charge in [0.05, 0.1) is 5.92 Å². The zero-order valence-electron chi connectivity index (χ0n) is 9.28. The first-order chi connectivity index (χ1) is 7.16. The van der Waals surface area contributed by atoms with Gasteiger partial charge in [-0.25, -0.2) is 0 Å². The van der Waals surface area contributed by atoms with Crippen LogP contribution in [0.15, 0.2) is 0 Å². The summed E-state index contributed by atoms with van der Waals surface area (Å²) in [5, 5.41) is 12.3. The van der Waals surface area contributed by atoms with E-state index >= 15 is 0 Å². The monoisotopic (exact) mass is 212 g/mol. The summed E-state index contributed by atoms with van der Waals surface area (Å²) in [5.74, 6) is -0.0588. The molecule has 4 heteroatoms. The molecule has 1 aliphatic carbocycles. The van der Waals surface area contributed by atoms with Gasteiger partial charge in [0.15, 0.2) is 0 Å². The third-order valence-corrected chi connectivity index (χ3v) is 3.75. The predicted molar refractivity (Wildman–Crippen MR) is 57.8 cm³/mol. The van der Waals surface area contributed by atoms with Gasteiger partial charge in [-0.1, -0.05) is 0 Å². The maximum absolute atomic E-state index is 10.8. The number of carboxylic acids is 1. The molecular formula is C11H20N2O2. The number of aliphatic carboxylic acids is 1. The van der Waals surface area contributed by atoms with Gasteiger partial charge in [0.1, 0.15) is 0 Å².